The molecule has 0 saturated carbocycles. The van der Waals surface area contributed by atoms with Gasteiger partial charge in [-0.2, -0.15) is 0 Å². The van der Waals surface area contributed by atoms with Gasteiger partial charge < -0.3 is 20.3 Å². The summed E-state index contributed by atoms with van der Waals surface area (Å²) >= 11 is 0. The van der Waals surface area contributed by atoms with Gasteiger partial charge in [-0.1, -0.05) is 0 Å². The van der Waals surface area contributed by atoms with Crippen LogP contribution in [0, 0.1) is 5.92 Å². The minimum atomic E-state index is -0.299. The Bertz CT molecular complexity index is 203. The summed E-state index contributed by atoms with van der Waals surface area (Å²) in [5, 5.41) is 6.12. The predicted octanol–water partition coefficient (Wildman–Crippen LogP) is 0.274. The molecule has 1 aliphatic heterocycles. The molecule has 0 bridgehead atoms. The number of hydrogen-bond acceptors (Lipinski definition) is 4. The van der Waals surface area contributed by atoms with E-state index in [0.29, 0.717) is 19.1 Å². The highest BCUT2D eigenvalue weighted by molar-refractivity contribution is 5.67. The molecule has 1 aliphatic rings. The second-order valence-electron chi connectivity index (χ2n) is 4.53. The van der Waals surface area contributed by atoms with Gasteiger partial charge in [0.05, 0.1) is 0 Å². The zero-order chi connectivity index (χ0) is 11.8. The number of carbonyl (C=O) groups excluding carboxylic acids is 1. The van der Waals surface area contributed by atoms with E-state index in [4.69, 9.17) is 4.74 Å². The average molecular weight is 229 g/mol. The van der Waals surface area contributed by atoms with E-state index < -0.39 is 0 Å². The molecule has 16 heavy (non-hydrogen) atoms. The number of hydrogen-bond donors (Lipinski definition) is 2. The van der Waals surface area contributed by atoms with Crippen molar-refractivity contribution in [2.24, 2.45) is 5.92 Å². The molecular formula is C11H23N3O2. The summed E-state index contributed by atoms with van der Waals surface area (Å²) in [6, 6.07) is 0. The molecule has 0 aromatic rings. The standard InChI is InChI=1S/C11H23N3O2/c1-14(2)6-7-16-11(15)13-9-10-4-3-5-12-8-10/h10,12H,3-9H2,1-2H3,(H,13,15). The molecule has 2 N–H and O–H groups in total. The maximum atomic E-state index is 11.3. The quantitative estimate of drug-likeness (QED) is 0.711. The van der Waals surface area contributed by atoms with E-state index in [1.54, 1.807) is 0 Å². The van der Waals surface area contributed by atoms with Crippen molar-refractivity contribution in [3.05, 3.63) is 0 Å². The van der Waals surface area contributed by atoms with Gasteiger partial charge in [-0.15, -0.1) is 0 Å². The van der Waals surface area contributed by atoms with Gasteiger partial charge in [-0.3, -0.25) is 0 Å². The molecule has 1 fully saturated rings. The number of rotatable bonds is 5. The smallest absolute Gasteiger partial charge is 0.407 e. The summed E-state index contributed by atoms with van der Waals surface area (Å²) in [4.78, 5) is 13.3. The molecule has 0 aromatic heterocycles. The number of carbonyl (C=O) groups is 1. The van der Waals surface area contributed by atoms with Crippen LogP contribution in [0.1, 0.15) is 12.8 Å². The molecule has 5 nitrogen and oxygen atoms in total. The van der Waals surface area contributed by atoms with Crippen molar-refractivity contribution in [3.8, 4) is 0 Å². The number of alkyl carbamates (subject to hydrolysis) is 1. The highest BCUT2D eigenvalue weighted by atomic mass is 16.5. The largest absolute Gasteiger partial charge is 0.448 e. The van der Waals surface area contributed by atoms with Crippen LogP contribution in [0.4, 0.5) is 4.79 Å². The Morgan fingerprint density at radius 3 is 3.00 bits per heavy atom. The first-order valence-electron chi connectivity index (χ1n) is 5.94. The third kappa shape index (κ3) is 5.92. The number of nitrogens with one attached hydrogen (secondary N) is 2. The average Bonchev–Trinajstić information content (AvgIpc) is 2.27. The first-order valence-corrected chi connectivity index (χ1v) is 5.94. The van der Waals surface area contributed by atoms with E-state index in [1.165, 1.54) is 12.8 Å². The summed E-state index contributed by atoms with van der Waals surface area (Å²) in [6.07, 6.45) is 2.08. The molecule has 0 spiro atoms. The Morgan fingerprint density at radius 1 is 1.56 bits per heavy atom. The van der Waals surface area contributed by atoms with Crippen molar-refractivity contribution in [2.45, 2.75) is 12.8 Å². The molecule has 1 atom stereocenters. The van der Waals surface area contributed by atoms with Crippen LogP contribution in [0.2, 0.25) is 0 Å². The lowest BCUT2D eigenvalue weighted by Crippen LogP contribution is -2.38. The molecule has 1 rings (SSSR count). The van der Waals surface area contributed by atoms with E-state index in [0.717, 1.165) is 19.6 Å². The lowest BCUT2D eigenvalue weighted by Gasteiger charge is -2.22. The first kappa shape index (κ1) is 13.3. The first-order chi connectivity index (χ1) is 7.68. The number of piperidine rings is 1. The van der Waals surface area contributed by atoms with Gasteiger partial charge >= 0.3 is 6.09 Å². The van der Waals surface area contributed by atoms with E-state index in [9.17, 15) is 4.79 Å². The van der Waals surface area contributed by atoms with Gasteiger partial charge in [0, 0.05) is 13.1 Å². The molecular weight excluding hydrogens is 206 g/mol. The fraction of sp³-hybridized carbons (Fsp3) is 0.909. The molecule has 0 aromatic carbocycles. The van der Waals surface area contributed by atoms with Crippen molar-refractivity contribution < 1.29 is 9.53 Å². The summed E-state index contributed by atoms with van der Waals surface area (Å²) in [5.74, 6) is 0.551. The molecule has 1 unspecified atom stereocenters. The SMILES string of the molecule is CN(C)CCOC(=O)NCC1CCCNC1. The molecule has 1 amide bonds. The van der Waals surface area contributed by atoms with Crippen LogP contribution in [-0.4, -0.2) is 57.9 Å². The number of ether oxygens (including phenoxy) is 1. The van der Waals surface area contributed by atoms with Crippen LogP contribution in [0.25, 0.3) is 0 Å². The van der Waals surface area contributed by atoms with Crippen molar-refractivity contribution >= 4 is 6.09 Å². The normalized spacial score (nSPS) is 20.8. The fourth-order valence-electron chi connectivity index (χ4n) is 1.70. The van der Waals surface area contributed by atoms with Crippen LogP contribution >= 0.6 is 0 Å². The Hall–Kier alpha value is -0.810. The molecule has 1 saturated heterocycles. The van der Waals surface area contributed by atoms with Crippen molar-refractivity contribution in [1.82, 2.24) is 15.5 Å². The number of likely N-dealkylation sites (N-methyl/N-ethyl adjacent to an activating group) is 1. The number of amides is 1. The van der Waals surface area contributed by atoms with Crippen LogP contribution in [0.3, 0.4) is 0 Å². The zero-order valence-electron chi connectivity index (χ0n) is 10.3. The summed E-state index contributed by atoms with van der Waals surface area (Å²) < 4.78 is 5.03. The topological polar surface area (TPSA) is 53.6 Å². The van der Waals surface area contributed by atoms with Crippen molar-refractivity contribution in [2.75, 3.05) is 46.9 Å². The minimum absolute atomic E-state index is 0.299. The van der Waals surface area contributed by atoms with E-state index in [-0.39, 0.29) is 6.09 Å². The Labute approximate surface area is 97.5 Å². The number of nitrogens with zero attached hydrogens (tertiary/aromatic N) is 1. The second-order valence-corrected chi connectivity index (χ2v) is 4.53. The molecule has 0 radical (unpaired) electrons. The maximum absolute atomic E-state index is 11.3. The van der Waals surface area contributed by atoms with Crippen LogP contribution < -0.4 is 10.6 Å². The van der Waals surface area contributed by atoms with Crippen LogP contribution in [0.15, 0.2) is 0 Å². The van der Waals surface area contributed by atoms with Crippen LogP contribution in [-0.2, 0) is 4.74 Å². The summed E-state index contributed by atoms with van der Waals surface area (Å²) in [6.45, 7) is 4.02. The fourth-order valence-corrected chi connectivity index (χ4v) is 1.70. The molecule has 0 aliphatic carbocycles. The van der Waals surface area contributed by atoms with Gasteiger partial charge in [0.15, 0.2) is 0 Å². The third-order valence-electron chi connectivity index (χ3n) is 2.71. The summed E-state index contributed by atoms with van der Waals surface area (Å²) in [5.41, 5.74) is 0. The van der Waals surface area contributed by atoms with Gasteiger partial charge in [0.1, 0.15) is 6.61 Å². The van der Waals surface area contributed by atoms with Crippen LogP contribution in [0.5, 0.6) is 0 Å². The summed E-state index contributed by atoms with van der Waals surface area (Å²) in [7, 11) is 3.91. The molecule has 1 heterocycles. The maximum Gasteiger partial charge on any atom is 0.407 e. The third-order valence-corrected chi connectivity index (χ3v) is 2.71. The second kappa shape index (κ2) is 7.46. The van der Waals surface area contributed by atoms with E-state index >= 15 is 0 Å². The van der Waals surface area contributed by atoms with Gasteiger partial charge in [-0.25, -0.2) is 4.79 Å². The molecule has 94 valence electrons. The Morgan fingerprint density at radius 2 is 2.38 bits per heavy atom. The zero-order valence-corrected chi connectivity index (χ0v) is 10.3. The van der Waals surface area contributed by atoms with E-state index in [2.05, 4.69) is 10.6 Å². The lowest BCUT2D eigenvalue weighted by molar-refractivity contribution is 0.134. The van der Waals surface area contributed by atoms with Gasteiger partial charge in [-0.05, 0) is 45.9 Å². The minimum Gasteiger partial charge on any atom is -0.448 e. The molecule has 5 heteroatoms. The predicted molar refractivity (Wildman–Crippen MR) is 63.5 cm³/mol. The van der Waals surface area contributed by atoms with Gasteiger partial charge in [0.2, 0.25) is 0 Å². The van der Waals surface area contributed by atoms with E-state index in [1.807, 2.05) is 19.0 Å². The lowest BCUT2D eigenvalue weighted by atomic mass is 10.00. The Balaban J connectivity index is 2.00. The monoisotopic (exact) mass is 229 g/mol. The Kier molecular flexibility index (Phi) is 6.18. The highest BCUT2D eigenvalue weighted by Gasteiger charge is 2.13. The van der Waals surface area contributed by atoms with Crippen molar-refractivity contribution in [3.63, 3.8) is 0 Å². The van der Waals surface area contributed by atoms with Crippen molar-refractivity contribution in [1.29, 1.82) is 0 Å². The van der Waals surface area contributed by atoms with Gasteiger partial charge in [0.25, 0.3) is 0 Å². The highest BCUT2D eigenvalue weighted by Crippen LogP contribution is 2.07.